The smallest absolute Gasteiger partial charge is 0.144 e. The summed E-state index contributed by atoms with van der Waals surface area (Å²) in [6.07, 6.45) is 1.86. The summed E-state index contributed by atoms with van der Waals surface area (Å²) in [4.78, 5) is 5.53. The van der Waals surface area contributed by atoms with Crippen molar-refractivity contribution in [3.05, 3.63) is 188 Å². The summed E-state index contributed by atoms with van der Waals surface area (Å²) >= 11 is 0. The van der Waals surface area contributed by atoms with Crippen molar-refractivity contribution in [2.45, 2.75) is 0 Å². The highest BCUT2D eigenvalue weighted by Crippen LogP contribution is 2.47. The van der Waals surface area contributed by atoms with Crippen LogP contribution in [0.2, 0.25) is 0 Å². The quantitative estimate of drug-likeness (QED) is 0.133. The van der Waals surface area contributed by atoms with E-state index in [0.29, 0.717) is 0 Å². The maximum atomic E-state index is 7.08. The number of aliphatic imine (C=N–C) groups is 1. The fourth-order valence-electron chi connectivity index (χ4n) is 8.49. The van der Waals surface area contributed by atoms with Crippen molar-refractivity contribution >= 4 is 110 Å². The second kappa shape index (κ2) is 11.6. The highest BCUT2D eigenvalue weighted by Gasteiger charge is 2.25. The first-order valence-electron chi connectivity index (χ1n) is 18.2. The van der Waals surface area contributed by atoms with Gasteiger partial charge in [-0.25, -0.2) is 4.99 Å². The van der Waals surface area contributed by atoms with Crippen LogP contribution in [0.5, 0.6) is 0 Å². The van der Waals surface area contributed by atoms with Gasteiger partial charge in [0.2, 0.25) is 0 Å². The molecule has 0 amide bonds. The van der Waals surface area contributed by atoms with Crippen molar-refractivity contribution in [1.29, 1.82) is 0 Å². The van der Waals surface area contributed by atoms with Crippen LogP contribution < -0.4 is 0 Å². The van der Waals surface area contributed by atoms with Crippen molar-refractivity contribution in [2.24, 2.45) is 4.99 Å². The van der Waals surface area contributed by atoms with Crippen molar-refractivity contribution in [2.75, 3.05) is 0 Å². The van der Waals surface area contributed by atoms with Crippen LogP contribution in [-0.4, -0.2) is 5.71 Å². The van der Waals surface area contributed by atoms with E-state index < -0.39 is 0 Å². The SMILES string of the molecule is C=Cc1ccccc1/N=C(\C(=C)c1ccc2oc3ccccc3c2c1)c1cc2ccccc2c2c3ccccc3c3c(oc4ccc5ccccc5c43)c12. The number of hydrogen-bond donors (Lipinski definition) is 0. The van der Waals surface area contributed by atoms with Gasteiger partial charge in [0.25, 0.3) is 0 Å². The van der Waals surface area contributed by atoms with E-state index in [9.17, 15) is 0 Å². The van der Waals surface area contributed by atoms with Gasteiger partial charge in [0.15, 0.2) is 0 Å². The third-order valence-corrected chi connectivity index (χ3v) is 11.0. The van der Waals surface area contributed by atoms with Crippen LogP contribution in [0.4, 0.5) is 5.69 Å². The Balaban J connectivity index is 1.32. The Labute approximate surface area is 310 Å². The Morgan fingerprint density at radius 2 is 1.11 bits per heavy atom. The average molecular weight is 690 g/mol. The minimum atomic E-state index is 0.758. The van der Waals surface area contributed by atoms with Crippen LogP contribution in [0.3, 0.4) is 0 Å². The molecular formula is C51H31NO2. The third kappa shape index (κ3) is 4.39. The van der Waals surface area contributed by atoms with Gasteiger partial charge in [-0.05, 0) is 79.8 Å². The molecule has 2 aromatic heterocycles. The predicted octanol–water partition coefficient (Wildman–Crippen LogP) is 14.6. The highest BCUT2D eigenvalue weighted by atomic mass is 16.3. The molecule has 252 valence electrons. The van der Waals surface area contributed by atoms with Gasteiger partial charge in [0, 0.05) is 43.5 Å². The van der Waals surface area contributed by atoms with Crippen LogP contribution in [-0.2, 0) is 0 Å². The topological polar surface area (TPSA) is 38.6 Å². The van der Waals surface area contributed by atoms with Gasteiger partial charge in [0.05, 0.1) is 11.4 Å². The molecule has 11 aromatic rings. The minimum Gasteiger partial charge on any atom is -0.456 e. The fraction of sp³-hybridized carbons (Fsp3) is 0. The zero-order chi connectivity index (χ0) is 35.9. The average Bonchev–Trinajstić information content (AvgIpc) is 3.81. The molecule has 3 heteroatoms. The van der Waals surface area contributed by atoms with E-state index in [4.69, 9.17) is 20.4 Å². The molecule has 3 nitrogen and oxygen atoms in total. The molecule has 0 bridgehead atoms. The monoisotopic (exact) mass is 689 g/mol. The minimum absolute atomic E-state index is 0.758. The lowest BCUT2D eigenvalue weighted by atomic mass is 9.86. The molecule has 0 radical (unpaired) electrons. The normalized spacial score (nSPS) is 12.3. The second-order valence-electron chi connectivity index (χ2n) is 13.9. The first kappa shape index (κ1) is 30.4. The van der Waals surface area contributed by atoms with Gasteiger partial charge in [0.1, 0.15) is 22.3 Å². The number of fused-ring (bicyclic) bond motifs is 15. The molecule has 0 aliphatic heterocycles. The zero-order valence-electron chi connectivity index (χ0n) is 29.3. The zero-order valence-corrected chi connectivity index (χ0v) is 29.3. The molecule has 11 rings (SSSR count). The number of nitrogens with zero attached hydrogens (tertiary/aromatic N) is 1. The number of furan rings is 2. The van der Waals surface area contributed by atoms with Gasteiger partial charge in [-0.15, -0.1) is 0 Å². The number of para-hydroxylation sites is 2. The van der Waals surface area contributed by atoms with Crippen LogP contribution in [0.1, 0.15) is 16.7 Å². The van der Waals surface area contributed by atoms with E-state index in [1.54, 1.807) is 0 Å². The summed E-state index contributed by atoms with van der Waals surface area (Å²) in [6, 6.07) is 55.0. The Morgan fingerprint density at radius 1 is 0.481 bits per heavy atom. The molecule has 0 fully saturated rings. The Kier molecular flexibility index (Phi) is 6.55. The lowest BCUT2D eigenvalue weighted by Crippen LogP contribution is -2.06. The lowest BCUT2D eigenvalue weighted by molar-refractivity contribution is 0.669. The number of hydrogen-bond acceptors (Lipinski definition) is 3. The predicted molar refractivity (Wildman–Crippen MR) is 229 cm³/mol. The van der Waals surface area contributed by atoms with Crippen molar-refractivity contribution in [3.63, 3.8) is 0 Å². The Morgan fingerprint density at radius 3 is 1.93 bits per heavy atom. The fourth-order valence-corrected chi connectivity index (χ4v) is 8.49. The summed E-state index contributed by atoms with van der Waals surface area (Å²) in [7, 11) is 0. The van der Waals surface area contributed by atoms with Gasteiger partial charge in [-0.3, -0.25) is 0 Å². The number of benzene rings is 9. The van der Waals surface area contributed by atoms with E-state index in [0.717, 1.165) is 110 Å². The van der Waals surface area contributed by atoms with Crippen molar-refractivity contribution in [1.82, 2.24) is 0 Å². The largest absolute Gasteiger partial charge is 0.456 e. The summed E-state index contributed by atoms with van der Waals surface area (Å²) in [6.45, 7) is 8.95. The van der Waals surface area contributed by atoms with E-state index in [-0.39, 0.29) is 0 Å². The first-order chi connectivity index (χ1) is 26.7. The lowest BCUT2D eigenvalue weighted by Gasteiger charge is -2.18. The molecule has 0 saturated carbocycles. The van der Waals surface area contributed by atoms with Gasteiger partial charge < -0.3 is 8.83 Å². The van der Waals surface area contributed by atoms with Crippen molar-refractivity contribution < 1.29 is 8.83 Å². The van der Waals surface area contributed by atoms with Gasteiger partial charge in [-0.1, -0.05) is 141 Å². The van der Waals surface area contributed by atoms with Crippen LogP contribution in [0.15, 0.2) is 185 Å². The molecule has 0 aliphatic rings. The number of rotatable bonds is 5. The molecule has 0 atom stereocenters. The first-order valence-corrected chi connectivity index (χ1v) is 18.2. The highest BCUT2D eigenvalue weighted by molar-refractivity contribution is 6.44. The molecule has 0 spiro atoms. The number of allylic oxidation sites excluding steroid dienone is 1. The van der Waals surface area contributed by atoms with E-state index in [2.05, 4.69) is 116 Å². The maximum Gasteiger partial charge on any atom is 0.144 e. The summed E-state index contributed by atoms with van der Waals surface area (Å²) in [5.41, 5.74) is 8.59. The second-order valence-corrected chi connectivity index (χ2v) is 13.9. The molecule has 0 aliphatic carbocycles. The summed E-state index contributed by atoms with van der Waals surface area (Å²) < 4.78 is 13.3. The molecule has 0 saturated heterocycles. The summed E-state index contributed by atoms with van der Waals surface area (Å²) in [5, 5.41) is 13.4. The van der Waals surface area contributed by atoms with E-state index >= 15 is 0 Å². The third-order valence-electron chi connectivity index (χ3n) is 11.0. The van der Waals surface area contributed by atoms with E-state index in [1.807, 2.05) is 54.6 Å². The van der Waals surface area contributed by atoms with Crippen LogP contribution >= 0.6 is 0 Å². The Hall–Kier alpha value is -7.23. The maximum absolute atomic E-state index is 7.08. The standard InChI is InChI=1S/C51H31NO2/c1-3-31-14-6-12-22-42(31)52-50(30(2)33-25-26-44-40(28-33)37-19-11-13-23-43(37)53-44)41-29-34-16-5-8-18-36(34)46-38-20-9-10-21-39(38)48-47-35-17-7-4-15-32(35)24-27-45(47)54-51(48)49(41)46/h3-29H,1-2H2/b52-50+. The molecule has 2 heterocycles. The summed E-state index contributed by atoms with van der Waals surface area (Å²) in [5.74, 6) is 0. The van der Waals surface area contributed by atoms with E-state index in [1.165, 1.54) is 10.8 Å². The molecule has 9 aromatic carbocycles. The van der Waals surface area contributed by atoms with Gasteiger partial charge >= 0.3 is 0 Å². The van der Waals surface area contributed by atoms with Crippen molar-refractivity contribution in [3.8, 4) is 0 Å². The molecule has 0 N–H and O–H groups in total. The molecule has 0 unspecified atom stereocenters. The van der Waals surface area contributed by atoms with Gasteiger partial charge in [-0.2, -0.15) is 0 Å². The Bertz CT molecular complexity index is 3430. The molecule has 54 heavy (non-hydrogen) atoms. The molecular weight excluding hydrogens is 659 g/mol. The van der Waals surface area contributed by atoms with Crippen LogP contribution in [0.25, 0.3) is 98.6 Å². The van der Waals surface area contributed by atoms with Crippen LogP contribution in [0, 0.1) is 0 Å².